The van der Waals surface area contributed by atoms with Crippen LogP contribution in [-0.4, -0.2) is 43.6 Å². The summed E-state index contributed by atoms with van der Waals surface area (Å²) in [6.45, 7) is 3.59. The molecule has 0 bridgehead atoms. The van der Waals surface area contributed by atoms with Crippen molar-refractivity contribution in [1.82, 2.24) is 24.6 Å². The second-order valence-electron chi connectivity index (χ2n) is 5.64. The third kappa shape index (κ3) is 3.32. The van der Waals surface area contributed by atoms with Gasteiger partial charge in [0.1, 0.15) is 11.6 Å². The number of hydrogen-bond acceptors (Lipinski definition) is 4. The molecule has 3 heterocycles. The summed E-state index contributed by atoms with van der Waals surface area (Å²) in [5.74, 6) is 1.97. The third-order valence-electron chi connectivity index (χ3n) is 3.92. The van der Waals surface area contributed by atoms with Crippen molar-refractivity contribution in [3.63, 3.8) is 0 Å². The number of nitrogens with zero attached hydrogens (tertiary/aromatic N) is 5. The Balaban J connectivity index is 1.64. The molecule has 116 valence electrons. The summed E-state index contributed by atoms with van der Waals surface area (Å²) in [4.78, 5) is 22.4. The van der Waals surface area contributed by atoms with Gasteiger partial charge in [0.2, 0.25) is 5.91 Å². The third-order valence-corrected chi connectivity index (χ3v) is 3.92. The van der Waals surface area contributed by atoms with Crippen LogP contribution in [0.1, 0.15) is 37.3 Å². The minimum atomic E-state index is 0.288. The Kier molecular flexibility index (Phi) is 4.46. The van der Waals surface area contributed by atoms with E-state index in [0.29, 0.717) is 6.42 Å². The van der Waals surface area contributed by atoms with Crippen molar-refractivity contribution in [2.45, 2.75) is 39.0 Å². The van der Waals surface area contributed by atoms with Crippen molar-refractivity contribution in [1.29, 1.82) is 0 Å². The van der Waals surface area contributed by atoms with Crippen LogP contribution in [0.4, 0.5) is 0 Å². The second kappa shape index (κ2) is 6.68. The fourth-order valence-electron chi connectivity index (χ4n) is 2.83. The number of likely N-dealkylation sites (tertiary alicyclic amines) is 1. The molecule has 1 aliphatic rings. The van der Waals surface area contributed by atoms with Crippen LogP contribution in [0.2, 0.25) is 0 Å². The van der Waals surface area contributed by atoms with Crippen molar-refractivity contribution >= 4 is 5.91 Å². The number of carbonyl (C=O) groups is 1. The van der Waals surface area contributed by atoms with E-state index in [-0.39, 0.29) is 5.91 Å². The molecule has 2 aromatic heterocycles. The molecular weight excluding hydrogens is 278 g/mol. The monoisotopic (exact) mass is 299 g/mol. The predicted molar refractivity (Wildman–Crippen MR) is 82.6 cm³/mol. The highest BCUT2D eigenvalue weighted by molar-refractivity contribution is 5.76. The van der Waals surface area contributed by atoms with Gasteiger partial charge in [0.15, 0.2) is 0 Å². The molecule has 0 aromatic carbocycles. The molecule has 0 spiro atoms. The molecule has 22 heavy (non-hydrogen) atoms. The van der Waals surface area contributed by atoms with Gasteiger partial charge < -0.3 is 4.90 Å². The molecule has 1 fully saturated rings. The zero-order valence-corrected chi connectivity index (χ0v) is 12.9. The first-order valence-electron chi connectivity index (χ1n) is 7.85. The Bertz CT molecular complexity index is 637. The van der Waals surface area contributed by atoms with Crippen molar-refractivity contribution in [2.75, 3.05) is 13.1 Å². The number of aromatic nitrogens is 4. The standard InChI is InChI=1S/C16H21N5O/c1-13-18-15(21(19-13)14-6-4-9-17-12-14)7-5-11-20-10-3-2-8-16(20)22/h4,6,9,12H,2-3,5,7-8,10-11H2,1H3. The van der Waals surface area contributed by atoms with Gasteiger partial charge in [-0.1, -0.05) is 0 Å². The Morgan fingerprint density at radius 2 is 2.23 bits per heavy atom. The van der Waals surface area contributed by atoms with Crippen LogP contribution in [-0.2, 0) is 11.2 Å². The lowest BCUT2D eigenvalue weighted by Gasteiger charge is -2.26. The average molecular weight is 299 g/mol. The molecule has 0 atom stereocenters. The topological polar surface area (TPSA) is 63.9 Å². The first-order chi connectivity index (χ1) is 10.7. The Morgan fingerprint density at radius 3 is 3.00 bits per heavy atom. The van der Waals surface area contributed by atoms with Gasteiger partial charge in [-0.25, -0.2) is 9.67 Å². The quantitative estimate of drug-likeness (QED) is 0.846. The van der Waals surface area contributed by atoms with E-state index in [1.165, 1.54) is 0 Å². The van der Waals surface area contributed by atoms with Gasteiger partial charge in [-0.2, -0.15) is 5.10 Å². The van der Waals surface area contributed by atoms with E-state index >= 15 is 0 Å². The van der Waals surface area contributed by atoms with Gasteiger partial charge >= 0.3 is 0 Å². The van der Waals surface area contributed by atoms with Crippen LogP contribution in [0.25, 0.3) is 5.69 Å². The van der Waals surface area contributed by atoms with Gasteiger partial charge in [-0.3, -0.25) is 9.78 Å². The Morgan fingerprint density at radius 1 is 1.32 bits per heavy atom. The number of pyridine rings is 1. The summed E-state index contributed by atoms with van der Waals surface area (Å²) in [5.41, 5.74) is 0.923. The van der Waals surface area contributed by atoms with Crippen LogP contribution in [0.5, 0.6) is 0 Å². The first kappa shape index (κ1) is 14.7. The molecule has 3 rings (SSSR count). The van der Waals surface area contributed by atoms with Crippen molar-refractivity contribution in [2.24, 2.45) is 0 Å². The molecule has 1 aliphatic heterocycles. The molecule has 1 saturated heterocycles. The molecule has 2 aromatic rings. The molecule has 0 radical (unpaired) electrons. The van der Waals surface area contributed by atoms with E-state index in [1.807, 2.05) is 28.6 Å². The number of hydrogen-bond donors (Lipinski definition) is 0. The molecule has 0 saturated carbocycles. The van der Waals surface area contributed by atoms with Crippen LogP contribution < -0.4 is 0 Å². The number of aryl methyl sites for hydroxylation is 2. The molecule has 6 heteroatoms. The number of carbonyl (C=O) groups excluding carboxylic acids is 1. The first-order valence-corrected chi connectivity index (χ1v) is 7.85. The summed E-state index contributed by atoms with van der Waals surface area (Å²) in [5, 5.41) is 4.45. The molecule has 0 unspecified atom stereocenters. The SMILES string of the molecule is Cc1nc(CCCN2CCCCC2=O)n(-c2cccnc2)n1. The van der Waals surface area contributed by atoms with Crippen LogP contribution >= 0.6 is 0 Å². The largest absolute Gasteiger partial charge is 0.343 e. The lowest BCUT2D eigenvalue weighted by Crippen LogP contribution is -2.36. The summed E-state index contributed by atoms with van der Waals surface area (Å²) < 4.78 is 1.85. The molecule has 1 amide bonds. The molecule has 6 nitrogen and oxygen atoms in total. The van der Waals surface area contributed by atoms with Gasteiger partial charge in [0.25, 0.3) is 0 Å². The maximum atomic E-state index is 11.8. The van der Waals surface area contributed by atoms with E-state index in [0.717, 1.165) is 56.1 Å². The van der Waals surface area contributed by atoms with Crippen molar-refractivity contribution in [3.05, 3.63) is 36.2 Å². The fraction of sp³-hybridized carbons (Fsp3) is 0.500. The lowest BCUT2D eigenvalue weighted by atomic mass is 10.1. The van der Waals surface area contributed by atoms with Crippen molar-refractivity contribution in [3.8, 4) is 5.69 Å². The summed E-state index contributed by atoms with van der Waals surface area (Å²) in [7, 11) is 0. The lowest BCUT2D eigenvalue weighted by molar-refractivity contribution is -0.133. The summed E-state index contributed by atoms with van der Waals surface area (Å²) >= 11 is 0. The highest BCUT2D eigenvalue weighted by Crippen LogP contribution is 2.13. The van der Waals surface area contributed by atoms with Gasteiger partial charge in [0.05, 0.1) is 11.9 Å². The Hall–Kier alpha value is -2.24. The van der Waals surface area contributed by atoms with E-state index in [2.05, 4.69) is 15.1 Å². The molecule has 0 aliphatic carbocycles. The van der Waals surface area contributed by atoms with Gasteiger partial charge in [-0.05, 0) is 38.3 Å². The smallest absolute Gasteiger partial charge is 0.222 e. The molecular formula is C16H21N5O. The highest BCUT2D eigenvalue weighted by Gasteiger charge is 2.18. The zero-order valence-electron chi connectivity index (χ0n) is 12.9. The zero-order chi connectivity index (χ0) is 15.4. The number of rotatable bonds is 5. The van der Waals surface area contributed by atoms with Crippen LogP contribution in [0.3, 0.4) is 0 Å². The van der Waals surface area contributed by atoms with Crippen LogP contribution in [0.15, 0.2) is 24.5 Å². The maximum Gasteiger partial charge on any atom is 0.222 e. The van der Waals surface area contributed by atoms with E-state index in [4.69, 9.17) is 0 Å². The minimum absolute atomic E-state index is 0.288. The summed E-state index contributed by atoms with van der Waals surface area (Å²) in [6, 6.07) is 3.86. The number of amides is 1. The van der Waals surface area contributed by atoms with Gasteiger partial charge in [-0.15, -0.1) is 0 Å². The second-order valence-corrected chi connectivity index (χ2v) is 5.64. The predicted octanol–water partition coefficient (Wildman–Crippen LogP) is 1.92. The molecule has 0 N–H and O–H groups in total. The maximum absolute atomic E-state index is 11.8. The van der Waals surface area contributed by atoms with Crippen LogP contribution in [0, 0.1) is 6.92 Å². The average Bonchev–Trinajstić information content (AvgIpc) is 2.91. The van der Waals surface area contributed by atoms with Crippen molar-refractivity contribution < 1.29 is 4.79 Å². The minimum Gasteiger partial charge on any atom is -0.343 e. The number of piperidine rings is 1. The fourth-order valence-corrected chi connectivity index (χ4v) is 2.83. The highest BCUT2D eigenvalue weighted by atomic mass is 16.2. The van der Waals surface area contributed by atoms with Gasteiger partial charge in [0, 0.05) is 32.1 Å². The normalized spacial score (nSPS) is 15.3. The summed E-state index contributed by atoms with van der Waals surface area (Å²) in [6.07, 6.45) is 8.09. The van der Waals surface area contributed by atoms with E-state index < -0.39 is 0 Å². The van der Waals surface area contributed by atoms with E-state index in [9.17, 15) is 4.79 Å². The van der Waals surface area contributed by atoms with E-state index in [1.54, 1.807) is 12.4 Å². The Labute approximate surface area is 130 Å².